The molecule has 0 spiro atoms. The van der Waals surface area contributed by atoms with Gasteiger partial charge >= 0.3 is 265 Å². The third-order valence-corrected chi connectivity index (χ3v) is 12.7. The van der Waals surface area contributed by atoms with Crippen LogP contribution in [0.15, 0.2) is 152 Å². The van der Waals surface area contributed by atoms with E-state index in [9.17, 15) is 9.59 Å². The van der Waals surface area contributed by atoms with Crippen molar-refractivity contribution in [2.45, 2.75) is 12.8 Å². The van der Waals surface area contributed by atoms with Crippen LogP contribution in [-0.4, -0.2) is 43.8 Å². The van der Waals surface area contributed by atoms with Gasteiger partial charge in [0.1, 0.15) is 0 Å². The number of hydrogen-bond donors (Lipinski definition) is 0. The molecule has 0 aromatic heterocycles. The molecule has 250 valence electrons. The van der Waals surface area contributed by atoms with Gasteiger partial charge in [0.2, 0.25) is 0 Å². The van der Waals surface area contributed by atoms with Crippen LogP contribution in [0.3, 0.4) is 0 Å². The number of nitrogens with zero attached hydrogens (tertiary/aromatic N) is 5. The Morgan fingerprint density at radius 3 is 1.38 bits per heavy atom. The van der Waals surface area contributed by atoms with Crippen LogP contribution in [0, 0.1) is 0 Å². The van der Waals surface area contributed by atoms with E-state index in [0.29, 0.717) is 11.1 Å². The molecule has 3 heterocycles. The summed E-state index contributed by atoms with van der Waals surface area (Å²) in [6.45, 7) is 0. The zero-order chi connectivity index (χ0) is 34.2. The number of hydrogen-bond acceptors (Lipinski definition) is 7. The van der Waals surface area contributed by atoms with Crippen LogP contribution < -0.4 is 14.7 Å². The number of carbonyl (C=O) groups excluding carboxylic acids is 2. The van der Waals surface area contributed by atoms with Crippen molar-refractivity contribution in [2.24, 2.45) is 0 Å². The molecule has 7 nitrogen and oxygen atoms in total. The molecule has 0 atom stereocenters. The van der Waals surface area contributed by atoms with Crippen LogP contribution in [0.1, 0.15) is 31.8 Å². The molecule has 4 bridgehead atoms. The number of benzene rings is 5. The van der Waals surface area contributed by atoms with Crippen molar-refractivity contribution in [1.29, 1.82) is 0 Å². The van der Waals surface area contributed by atoms with Crippen molar-refractivity contribution >= 4 is 48.3 Å². The van der Waals surface area contributed by atoms with E-state index in [1.54, 1.807) is 0 Å². The summed E-state index contributed by atoms with van der Waals surface area (Å²) >= 11 is -0.607. The van der Waals surface area contributed by atoms with Gasteiger partial charge in [0.15, 0.2) is 0 Å². The third-order valence-electron chi connectivity index (χ3n) is 8.98. The quantitative estimate of drug-likeness (QED) is 0.156. The minimum atomic E-state index is -0.607. The van der Waals surface area contributed by atoms with Crippen molar-refractivity contribution < 1.29 is 27.2 Å². The molecule has 0 aliphatic carbocycles. The number of rotatable bonds is 7. The molecular weight excluding hydrogens is 802 g/mol. The van der Waals surface area contributed by atoms with Crippen molar-refractivity contribution in [3.8, 4) is 0 Å². The van der Waals surface area contributed by atoms with E-state index >= 15 is 0 Å². The average molecular weight is 837 g/mol. The Morgan fingerprint density at radius 2 is 0.920 bits per heavy atom. The Hall–Kier alpha value is -5.65. The van der Waals surface area contributed by atoms with Crippen LogP contribution in [0.2, 0.25) is 0 Å². The molecule has 0 unspecified atom stereocenters. The number of fused-ring (bicyclic) bond motifs is 8. The van der Waals surface area contributed by atoms with E-state index in [-0.39, 0.29) is 24.4 Å². The van der Waals surface area contributed by atoms with Crippen molar-refractivity contribution in [1.82, 2.24) is 9.80 Å². The number of para-hydroxylation sites is 1. The molecule has 0 N–H and O–H groups in total. The molecule has 0 saturated carbocycles. The van der Waals surface area contributed by atoms with Gasteiger partial charge < -0.3 is 0 Å². The number of anilines is 5. The van der Waals surface area contributed by atoms with Gasteiger partial charge in [-0.3, -0.25) is 0 Å². The van der Waals surface area contributed by atoms with Crippen molar-refractivity contribution in [3.05, 3.63) is 174 Å². The Morgan fingerprint density at radius 1 is 0.500 bits per heavy atom. The fourth-order valence-electron chi connectivity index (χ4n) is 6.51. The zero-order valence-electron chi connectivity index (χ0n) is 27.7. The Labute approximate surface area is 300 Å². The number of Topliss-reactive ketones (excluding diaryl/α,β-unsaturated/α-hetero) is 2. The molecule has 3 aliphatic heterocycles. The molecule has 50 heavy (non-hydrogen) atoms. The second kappa shape index (κ2) is 13.3. The Bertz CT molecular complexity index is 2110. The Balaban J connectivity index is 1.36. The first-order valence-electron chi connectivity index (χ1n) is 16.5. The van der Waals surface area contributed by atoms with Crippen LogP contribution >= 0.6 is 0 Å². The minimum absolute atomic E-state index is 0.0215. The van der Waals surface area contributed by atoms with Gasteiger partial charge in [-0.25, -0.2) is 0 Å². The summed E-state index contributed by atoms with van der Waals surface area (Å²) in [5.41, 5.74) is 7.83. The first kappa shape index (κ1) is 31.6. The molecule has 5 aromatic rings. The summed E-state index contributed by atoms with van der Waals surface area (Å²) in [6, 6.07) is 42.0. The third kappa shape index (κ3) is 5.95. The maximum atomic E-state index is 13.8. The van der Waals surface area contributed by atoms with Crippen molar-refractivity contribution in [3.63, 3.8) is 0 Å². The molecule has 0 radical (unpaired) electrons. The van der Waals surface area contributed by atoms with E-state index < -0.39 is 17.6 Å². The summed E-state index contributed by atoms with van der Waals surface area (Å²) in [4.78, 5) is 38.9. The van der Waals surface area contributed by atoms with Gasteiger partial charge in [-0.1, -0.05) is 36.4 Å². The molecule has 8 rings (SSSR count). The second-order valence-corrected chi connectivity index (χ2v) is 15.0. The SMILES string of the molecule is CN1C=CN2[C]1=[Pt]=[C]1N(C)C=CN1c1cccc(c1)N(c1c(CC(=O)c3ccccc3)cccc1CC(=O)c1ccccc1)c1cccc2c1. The van der Waals surface area contributed by atoms with E-state index in [1.807, 2.05) is 78.9 Å². The summed E-state index contributed by atoms with van der Waals surface area (Å²) in [5, 5.41) is 0. The molecule has 0 fully saturated rings. The van der Waals surface area contributed by atoms with Crippen LogP contribution in [0.5, 0.6) is 0 Å². The normalized spacial score (nSPS) is 15.0. The first-order chi connectivity index (χ1) is 24.4. The topological polar surface area (TPSA) is 50.3 Å². The molecule has 5 aromatic carbocycles. The zero-order valence-corrected chi connectivity index (χ0v) is 30.0. The fraction of sp³-hybridized carbons (Fsp3) is 0.0952. The van der Waals surface area contributed by atoms with Gasteiger partial charge in [-0.05, 0) is 0 Å². The van der Waals surface area contributed by atoms with Gasteiger partial charge in [0.05, 0.1) is 0 Å². The monoisotopic (exact) mass is 836 g/mol. The molecule has 0 amide bonds. The van der Waals surface area contributed by atoms with Gasteiger partial charge in [-0.2, -0.15) is 0 Å². The molecular formula is C42H35N5O2Pt. The molecule has 3 aliphatic rings. The standard InChI is InChI=1S/C42H35N5O2.Pt/c1-43-22-24-45(30-43)36-18-10-20-38(28-36)47(39-21-11-19-37(29-39)46-25-23-44(2)31-46)42-34(26-40(48)32-12-5-3-6-13-32)16-9-17-35(42)27-41(49)33-14-7-4-8-15-33;/h3-25,28-29H,26-27H2,1-2H3;. The number of ketones is 2. The van der Waals surface area contributed by atoms with E-state index in [0.717, 1.165) is 39.6 Å². The summed E-state index contributed by atoms with van der Waals surface area (Å²) in [5.74, 6) is 0.0429. The van der Waals surface area contributed by atoms with E-state index in [4.69, 9.17) is 0 Å². The first-order valence-corrected chi connectivity index (χ1v) is 18.7. The van der Waals surface area contributed by atoms with Crippen molar-refractivity contribution in [2.75, 3.05) is 28.8 Å². The number of carbonyl (C=O) groups is 2. The van der Waals surface area contributed by atoms with Crippen LogP contribution in [0.25, 0.3) is 0 Å². The van der Waals surface area contributed by atoms with Gasteiger partial charge in [0.25, 0.3) is 0 Å². The van der Waals surface area contributed by atoms with Gasteiger partial charge in [-0.15, -0.1) is 0 Å². The Kier molecular flexibility index (Phi) is 8.43. The predicted octanol–water partition coefficient (Wildman–Crippen LogP) is 7.72. The fourth-order valence-corrected chi connectivity index (χ4v) is 9.57. The summed E-state index contributed by atoms with van der Waals surface area (Å²) in [6.07, 6.45) is 8.86. The van der Waals surface area contributed by atoms with Crippen LogP contribution in [-0.2, 0) is 30.5 Å². The summed E-state index contributed by atoms with van der Waals surface area (Å²) < 4.78 is 2.48. The maximum absolute atomic E-state index is 13.8. The van der Waals surface area contributed by atoms with E-state index in [2.05, 4.69) is 112 Å². The van der Waals surface area contributed by atoms with Crippen LogP contribution in [0.4, 0.5) is 28.4 Å². The second-order valence-electron chi connectivity index (χ2n) is 12.4. The van der Waals surface area contributed by atoms with Gasteiger partial charge in [0, 0.05) is 0 Å². The predicted molar refractivity (Wildman–Crippen MR) is 199 cm³/mol. The van der Waals surface area contributed by atoms with E-state index in [1.165, 1.54) is 8.29 Å². The average Bonchev–Trinajstić information content (AvgIpc) is 3.71. The molecule has 8 heteroatoms. The summed E-state index contributed by atoms with van der Waals surface area (Å²) in [7, 11) is 4.22. The molecule has 0 saturated heterocycles.